The first-order chi connectivity index (χ1) is 9.85. The van der Waals surface area contributed by atoms with Gasteiger partial charge >= 0.3 is 6.09 Å². The molecule has 124 valence electrons. The fraction of sp³-hybridized carbons (Fsp3) is 0.867. The van der Waals surface area contributed by atoms with Gasteiger partial charge in [-0.05, 0) is 53.1 Å². The highest BCUT2D eigenvalue weighted by Gasteiger charge is 2.15. The van der Waals surface area contributed by atoms with E-state index in [4.69, 9.17) is 4.74 Å². The number of carbonyl (C=O) groups is 2. The summed E-state index contributed by atoms with van der Waals surface area (Å²) in [4.78, 5) is 22.6. The highest BCUT2D eigenvalue weighted by Crippen LogP contribution is 2.06. The van der Waals surface area contributed by atoms with Crippen LogP contribution in [0, 0.1) is 0 Å². The Morgan fingerprint density at radius 2 is 1.52 bits per heavy atom. The lowest BCUT2D eigenvalue weighted by Gasteiger charge is -2.19. The molecule has 0 aliphatic carbocycles. The van der Waals surface area contributed by atoms with E-state index in [2.05, 4.69) is 16.0 Å². The number of rotatable bonds is 10. The number of hydrogen-bond donors (Lipinski definition) is 3. The zero-order valence-electron chi connectivity index (χ0n) is 13.9. The molecule has 0 bridgehead atoms. The molecule has 0 aromatic rings. The Balaban J connectivity index is 3.30. The van der Waals surface area contributed by atoms with Crippen molar-refractivity contribution in [2.45, 2.75) is 59.0 Å². The molecule has 0 aliphatic heterocycles. The van der Waals surface area contributed by atoms with Gasteiger partial charge in [0.2, 0.25) is 5.91 Å². The Hall–Kier alpha value is -1.30. The molecule has 6 nitrogen and oxygen atoms in total. The maximum Gasteiger partial charge on any atom is 0.407 e. The highest BCUT2D eigenvalue weighted by molar-refractivity contribution is 5.75. The maximum atomic E-state index is 11.4. The van der Waals surface area contributed by atoms with Crippen LogP contribution in [-0.2, 0) is 9.53 Å². The third kappa shape index (κ3) is 14.9. The van der Waals surface area contributed by atoms with Crippen molar-refractivity contribution < 1.29 is 14.3 Å². The summed E-state index contributed by atoms with van der Waals surface area (Å²) in [5.41, 5.74) is -0.454. The predicted molar refractivity (Wildman–Crippen MR) is 84.3 cm³/mol. The minimum Gasteiger partial charge on any atom is -0.444 e. The molecule has 0 heterocycles. The van der Waals surface area contributed by atoms with E-state index in [-0.39, 0.29) is 12.0 Å². The number of nitrogens with one attached hydrogen (secondary N) is 3. The van der Waals surface area contributed by atoms with Crippen LogP contribution in [0.2, 0.25) is 0 Å². The van der Waals surface area contributed by atoms with Gasteiger partial charge in [-0.15, -0.1) is 0 Å². The molecule has 0 aromatic heterocycles. The number of amides is 2. The van der Waals surface area contributed by atoms with E-state index < -0.39 is 5.60 Å². The van der Waals surface area contributed by atoms with Crippen molar-refractivity contribution in [1.29, 1.82) is 0 Å². The van der Waals surface area contributed by atoms with Crippen molar-refractivity contribution in [2.75, 3.05) is 26.2 Å². The van der Waals surface area contributed by atoms with Crippen molar-refractivity contribution >= 4 is 12.0 Å². The third-order valence-corrected chi connectivity index (χ3v) is 2.53. The summed E-state index contributed by atoms with van der Waals surface area (Å²) in [7, 11) is 0. The minimum absolute atomic E-state index is 0.124. The van der Waals surface area contributed by atoms with Gasteiger partial charge in [0.15, 0.2) is 0 Å². The first-order valence-electron chi connectivity index (χ1n) is 7.79. The predicted octanol–water partition coefficient (Wildman–Crippen LogP) is 1.80. The first kappa shape index (κ1) is 19.7. The Kier molecular flexibility index (Phi) is 10.7. The zero-order valence-corrected chi connectivity index (χ0v) is 13.9. The molecule has 0 saturated heterocycles. The SMILES string of the molecule is CCCC(=O)NCCCNCCCNC(=O)OC(C)(C)C. The van der Waals surface area contributed by atoms with Gasteiger partial charge in [0, 0.05) is 19.5 Å². The smallest absolute Gasteiger partial charge is 0.407 e. The molecule has 0 radical (unpaired) electrons. The number of alkyl carbamates (subject to hydrolysis) is 1. The summed E-state index contributed by atoms with van der Waals surface area (Å²) in [5.74, 6) is 0.124. The monoisotopic (exact) mass is 301 g/mol. The zero-order chi connectivity index (χ0) is 16.1. The van der Waals surface area contributed by atoms with Gasteiger partial charge < -0.3 is 20.7 Å². The van der Waals surface area contributed by atoms with E-state index in [1.807, 2.05) is 27.7 Å². The van der Waals surface area contributed by atoms with Gasteiger partial charge in [-0.2, -0.15) is 0 Å². The number of ether oxygens (including phenoxy) is 1. The van der Waals surface area contributed by atoms with Gasteiger partial charge in [0.25, 0.3) is 0 Å². The van der Waals surface area contributed by atoms with Crippen molar-refractivity contribution in [3.05, 3.63) is 0 Å². The molecule has 0 aliphatic rings. The van der Waals surface area contributed by atoms with Crippen LogP contribution in [0.25, 0.3) is 0 Å². The normalized spacial score (nSPS) is 11.0. The van der Waals surface area contributed by atoms with Crippen LogP contribution < -0.4 is 16.0 Å². The van der Waals surface area contributed by atoms with Gasteiger partial charge in [-0.25, -0.2) is 4.79 Å². The standard InChI is InChI=1S/C15H31N3O3/c1-5-8-13(19)17-11-6-9-16-10-7-12-18-14(20)21-15(2,3)4/h16H,5-12H2,1-4H3,(H,17,19)(H,18,20). The Bertz CT molecular complexity index is 301. The molecule has 0 unspecified atom stereocenters. The van der Waals surface area contributed by atoms with Crippen molar-refractivity contribution in [2.24, 2.45) is 0 Å². The van der Waals surface area contributed by atoms with Crippen LogP contribution >= 0.6 is 0 Å². The molecule has 0 saturated carbocycles. The average Bonchev–Trinajstić information content (AvgIpc) is 2.35. The van der Waals surface area contributed by atoms with Crippen molar-refractivity contribution in [1.82, 2.24) is 16.0 Å². The van der Waals surface area contributed by atoms with E-state index >= 15 is 0 Å². The summed E-state index contributed by atoms with van der Waals surface area (Å²) in [6, 6.07) is 0. The second-order valence-corrected chi connectivity index (χ2v) is 5.99. The van der Waals surface area contributed by atoms with Crippen LogP contribution in [0.15, 0.2) is 0 Å². The van der Waals surface area contributed by atoms with Gasteiger partial charge in [0.05, 0.1) is 0 Å². The molecule has 2 amide bonds. The fourth-order valence-corrected chi connectivity index (χ4v) is 1.60. The third-order valence-electron chi connectivity index (χ3n) is 2.53. The lowest BCUT2D eigenvalue weighted by Crippen LogP contribution is -2.34. The lowest BCUT2D eigenvalue weighted by molar-refractivity contribution is -0.121. The molecule has 0 fully saturated rings. The number of hydrogen-bond acceptors (Lipinski definition) is 4. The molecule has 3 N–H and O–H groups in total. The number of carbonyl (C=O) groups excluding carboxylic acids is 2. The fourth-order valence-electron chi connectivity index (χ4n) is 1.60. The molecule has 6 heteroatoms. The second kappa shape index (κ2) is 11.4. The summed E-state index contributed by atoms with van der Waals surface area (Å²) in [6.07, 6.45) is 2.87. The maximum absolute atomic E-state index is 11.4. The van der Waals surface area contributed by atoms with E-state index in [1.165, 1.54) is 0 Å². The summed E-state index contributed by atoms with van der Waals surface area (Å²) in [5, 5.41) is 8.85. The summed E-state index contributed by atoms with van der Waals surface area (Å²) in [6.45, 7) is 10.5. The van der Waals surface area contributed by atoms with Crippen molar-refractivity contribution in [3.63, 3.8) is 0 Å². The minimum atomic E-state index is -0.454. The Morgan fingerprint density at radius 1 is 0.952 bits per heavy atom. The van der Waals surface area contributed by atoms with Crippen LogP contribution in [0.3, 0.4) is 0 Å². The largest absolute Gasteiger partial charge is 0.444 e. The molecule has 0 rings (SSSR count). The lowest BCUT2D eigenvalue weighted by atomic mass is 10.2. The van der Waals surface area contributed by atoms with Crippen LogP contribution in [0.5, 0.6) is 0 Å². The molecular weight excluding hydrogens is 270 g/mol. The quantitative estimate of drug-likeness (QED) is 0.538. The van der Waals surface area contributed by atoms with Crippen LogP contribution in [0.1, 0.15) is 53.4 Å². The van der Waals surface area contributed by atoms with E-state index in [0.717, 1.165) is 32.4 Å². The molecule has 0 atom stereocenters. The van der Waals surface area contributed by atoms with Crippen molar-refractivity contribution in [3.8, 4) is 0 Å². The van der Waals surface area contributed by atoms with Gasteiger partial charge in [-0.1, -0.05) is 6.92 Å². The van der Waals surface area contributed by atoms with Crippen LogP contribution in [-0.4, -0.2) is 43.8 Å². The Morgan fingerprint density at radius 3 is 2.05 bits per heavy atom. The molecule has 0 aromatic carbocycles. The first-order valence-corrected chi connectivity index (χ1v) is 7.79. The molecule has 0 spiro atoms. The molecule has 21 heavy (non-hydrogen) atoms. The van der Waals surface area contributed by atoms with Crippen LogP contribution in [0.4, 0.5) is 4.79 Å². The summed E-state index contributed by atoms with van der Waals surface area (Å²) < 4.78 is 5.13. The van der Waals surface area contributed by atoms with E-state index in [1.54, 1.807) is 0 Å². The molecular formula is C15H31N3O3. The van der Waals surface area contributed by atoms with Gasteiger partial charge in [0.1, 0.15) is 5.60 Å². The van der Waals surface area contributed by atoms with Gasteiger partial charge in [-0.3, -0.25) is 4.79 Å². The Labute approximate surface area is 128 Å². The topological polar surface area (TPSA) is 79.5 Å². The summed E-state index contributed by atoms with van der Waals surface area (Å²) >= 11 is 0. The van der Waals surface area contributed by atoms with E-state index in [9.17, 15) is 9.59 Å². The average molecular weight is 301 g/mol. The van der Waals surface area contributed by atoms with E-state index in [0.29, 0.717) is 19.5 Å². The second-order valence-electron chi connectivity index (χ2n) is 5.99. The highest BCUT2D eigenvalue weighted by atomic mass is 16.6.